The lowest BCUT2D eigenvalue weighted by molar-refractivity contribution is -0.0731. The van der Waals surface area contributed by atoms with E-state index in [1.54, 1.807) is 0 Å². The number of ether oxygens (including phenoxy) is 2. The average molecular weight is 325 g/mol. The number of hydrogen-bond acceptors (Lipinski definition) is 5. The molecule has 0 spiro atoms. The third-order valence-corrected chi connectivity index (χ3v) is 5.25. The van der Waals surface area contributed by atoms with Crippen molar-refractivity contribution in [2.24, 2.45) is 5.92 Å². The summed E-state index contributed by atoms with van der Waals surface area (Å²) < 4.78 is 10.8. The SMILES string of the molecule is CC1CN(CC2CCN(CCN3CCOC3=O)CC2)CC(C)O1. The molecular weight excluding hydrogens is 294 g/mol. The van der Waals surface area contributed by atoms with Gasteiger partial charge in [0.15, 0.2) is 0 Å². The minimum atomic E-state index is -0.143. The van der Waals surface area contributed by atoms with Crippen LogP contribution in [-0.4, -0.2) is 92.0 Å². The molecule has 6 nitrogen and oxygen atoms in total. The molecule has 3 aliphatic rings. The van der Waals surface area contributed by atoms with Crippen LogP contribution in [0, 0.1) is 5.92 Å². The van der Waals surface area contributed by atoms with E-state index >= 15 is 0 Å². The lowest BCUT2D eigenvalue weighted by atomic mass is 9.95. The van der Waals surface area contributed by atoms with Crippen LogP contribution in [0.2, 0.25) is 0 Å². The number of carbonyl (C=O) groups excluding carboxylic acids is 1. The predicted molar refractivity (Wildman–Crippen MR) is 88.5 cm³/mol. The van der Waals surface area contributed by atoms with Crippen LogP contribution >= 0.6 is 0 Å². The molecule has 132 valence electrons. The second-order valence-corrected chi connectivity index (χ2v) is 7.36. The van der Waals surface area contributed by atoms with Crippen molar-refractivity contribution in [3.63, 3.8) is 0 Å². The molecule has 3 saturated heterocycles. The third kappa shape index (κ3) is 4.81. The zero-order chi connectivity index (χ0) is 16.2. The first-order valence-electron chi connectivity index (χ1n) is 9.12. The van der Waals surface area contributed by atoms with E-state index in [0.717, 1.165) is 51.7 Å². The van der Waals surface area contributed by atoms with Gasteiger partial charge in [0.05, 0.1) is 18.8 Å². The van der Waals surface area contributed by atoms with Crippen LogP contribution in [0.1, 0.15) is 26.7 Å². The summed E-state index contributed by atoms with van der Waals surface area (Å²) in [4.78, 5) is 18.3. The molecule has 6 heteroatoms. The number of likely N-dealkylation sites (tertiary alicyclic amines) is 1. The van der Waals surface area contributed by atoms with Crippen molar-refractivity contribution in [2.75, 3.05) is 59.0 Å². The third-order valence-electron chi connectivity index (χ3n) is 5.25. The summed E-state index contributed by atoms with van der Waals surface area (Å²) in [6.07, 6.45) is 3.11. The maximum Gasteiger partial charge on any atom is 0.409 e. The monoisotopic (exact) mass is 325 g/mol. The molecule has 0 aliphatic carbocycles. The van der Waals surface area contributed by atoms with Crippen molar-refractivity contribution < 1.29 is 14.3 Å². The van der Waals surface area contributed by atoms with Crippen LogP contribution in [0.3, 0.4) is 0 Å². The molecule has 3 fully saturated rings. The fraction of sp³-hybridized carbons (Fsp3) is 0.941. The van der Waals surface area contributed by atoms with E-state index < -0.39 is 0 Å². The Balaban J connectivity index is 1.34. The van der Waals surface area contributed by atoms with Gasteiger partial charge in [-0.05, 0) is 45.7 Å². The summed E-state index contributed by atoms with van der Waals surface area (Å²) >= 11 is 0. The largest absolute Gasteiger partial charge is 0.448 e. The first-order chi connectivity index (χ1) is 11.1. The zero-order valence-corrected chi connectivity index (χ0v) is 14.6. The summed E-state index contributed by atoms with van der Waals surface area (Å²) in [5.41, 5.74) is 0. The molecule has 0 bridgehead atoms. The lowest BCUT2D eigenvalue weighted by Crippen LogP contribution is -2.48. The molecule has 0 aromatic rings. The highest BCUT2D eigenvalue weighted by molar-refractivity contribution is 5.69. The zero-order valence-electron chi connectivity index (χ0n) is 14.6. The quantitative estimate of drug-likeness (QED) is 0.761. The van der Waals surface area contributed by atoms with Gasteiger partial charge in [-0.15, -0.1) is 0 Å². The highest BCUT2D eigenvalue weighted by atomic mass is 16.6. The minimum absolute atomic E-state index is 0.143. The Hall–Kier alpha value is -0.850. The van der Waals surface area contributed by atoms with Crippen LogP contribution in [0.4, 0.5) is 4.79 Å². The van der Waals surface area contributed by atoms with Crippen molar-refractivity contribution in [3.8, 4) is 0 Å². The van der Waals surface area contributed by atoms with Gasteiger partial charge in [-0.3, -0.25) is 4.90 Å². The molecule has 3 aliphatic heterocycles. The number of hydrogen-bond donors (Lipinski definition) is 0. The van der Waals surface area contributed by atoms with Gasteiger partial charge in [-0.2, -0.15) is 0 Å². The van der Waals surface area contributed by atoms with Crippen LogP contribution in [0.25, 0.3) is 0 Å². The van der Waals surface area contributed by atoms with Crippen molar-refractivity contribution >= 4 is 6.09 Å². The maximum atomic E-state index is 11.4. The summed E-state index contributed by atoms with van der Waals surface area (Å²) in [5.74, 6) is 0.806. The molecule has 1 amide bonds. The van der Waals surface area contributed by atoms with Crippen molar-refractivity contribution in [2.45, 2.75) is 38.9 Å². The van der Waals surface area contributed by atoms with Gasteiger partial charge in [0.2, 0.25) is 0 Å². The highest BCUT2D eigenvalue weighted by Gasteiger charge is 2.27. The number of amides is 1. The number of nitrogens with zero attached hydrogens (tertiary/aromatic N) is 3. The van der Waals surface area contributed by atoms with Gasteiger partial charge < -0.3 is 19.3 Å². The fourth-order valence-electron chi connectivity index (χ4n) is 4.08. The van der Waals surface area contributed by atoms with Gasteiger partial charge in [0.25, 0.3) is 0 Å². The van der Waals surface area contributed by atoms with E-state index in [2.05, 4.69) is 23.6 Å². The van der Waals surface area contributed by atoms with Gasteiger partial charge in [0.1, 0.15) is 6.61 Å². The van der Waals surface area contributed by atoms with E-state index in [9.17, 15) is 4.79 Å². The predicted octanol–water partition coefficient (Wildman–Crippen LogP) is 1.26. The summed E-state index contributed by atoms with van der Waals surface area (Å²) in [6, 6.07) is 0. The fourth-order valence-corrected chi connectivity index (χ4v) is 4.08. The number of rotatable bonds is 5. The number of piperidine rings is 1. The first kappa shape index (κ1) is 17.0. The van der Waals surface area contributed by atoms with E-state index in [1.807, 2.05) is 4.90 Å². The molecule has 0 N–H and O–H groups in total. The summed E-state index contributed by atoms with van der Waals surface area (Å²) in [6.45, 7) is 13.1. The van der Waals surface area contributed by atoms with E-state index in [0.29, 0.717) is 18.8 Å². The molecule has 0 radical (unpaired) electrons. The smallest absolute Gasteiger partial charge is 0.409 e. The Morgan fingerprint density at radius 2 is 1.70 bits per heavy atom. The first-order valence-corrected chi connectivity index (χ1v) is 9.12. The molecule has 0 aromatic carbocycles. The molecule has 0 aromatic heterocycles. The summed E-state index contributed by atoms with van der Waals surface area (Å²) in [5, 5.41) is 0. The van der Waals surface area contributed by atoms with Crippen LogP contribution in [0.5, 0.6) is 0 Å². The van der Waals surface area contributed by atoms with Gasteiger partial charge in [-0.25, -0.2) is 4.79 Å². The van der Waals surface area contributed by atoms with Crippen LogP contribution < -0.4 is 0 Å². The molecule has 2 unspecified atom stereocenters. The Bertz CT molecular complexity index is 389. The van der Waals surface area contributed by atoms with Crippen LogP contribution in [-0.2, 0) is 9.47 Å². The lowest BCUT2D eigenvalue weighted by Gasteiger charge is -2.39. The van der Waals surface area contributed by atoms with Crippen LogP contribution in [0.15, 0.2) is 0 Å². The molecule has 0 saturated carbocycles. The normalized spacial score (nSPS) is 31.6. The van der Waals surface area contributed by atoms with Gasteiger partial charge in [-0.1, -0.05) is 0 Å². The summed E-state index contributed by atoms with van der Waals surface area (Å²) in [7, 11) is 0. The van der Waals surface area contributed by atoms with Crippen molar-refractivity contribution in [1.29, 1.82) is 0 Å². The minimum Gasteiger partial charge on any atom is -0.448 e. The Kier molecular flexibility index (Phi) is 5.77. The second-order valence-electron chi connectivity index (χ2n) is 7.36. The molecule has 3 rings (SSSR count). The average Bonchev–Trinajstić information content (AvgIpc) is 2.91. The topological polar surface area (TPSA) is 45.2 Å². The highest BCUT2D eigenvalue weighted by Crippen LogP contribution is 2.21. The molecule has 3 heterocycles. The van der Waals surface area contributed by atoms with Gasteiger partial charge >= 0.3 is 6.09 Å². The van der Waals surface area contributed by atoms with Crippen molar-refractivity contribution in [1.82, 2.24) is 14.7 Å². The Morgan fingerprint density at radius 1 is 1.00 bits per heavy atom. The molecule has 23 heavy (non-hydrogen) atoms. The van der Waals surface area contributed by atoms with Gasteiger partial charge in [0, 0.05) is 32.7 Å². The molecular formula is C17H31N3O3. The van der Waals surface area contributed by atoms with E-state index in [1.165, 1.54) is 19.4 Å². The number of morpholine rings is 1. The molecule has 2 atom stereocenters. The number of cyclic esters (lactones) is 1. The maximum absolute atomic E-state index is 11.4. The standard InChI is InChI=1S/C17H31N3O3/c1-14-11-19(12-15(2)23-14)13-16-3-5-18(6-4-16)7-8-20-9-10-22-17(20)21/h14-16H,3-13H2,1-2H3. The number of carbonyl (C=O) groups is 1. The van der Waals surface area contributed by atoms with E-state index in [-0.39, 0.29) is 6.09 Å². The van der Waals surface area contributed by atoms with E-state index in [4.69, 9.17) is 9.47 Å². The Morgan fingerprint density at radius 3 is 2.30 bits per heavy atom. The Labute approximate surface area is 139 Å². The second kappa shape index (κ2) is 7.81. The van der Waals surface area contributed by atoms with Crippen molar-refractivity contribution in [3.05, 3.63) is 0 Å².